The maximum Gasteiger partial charge on any atom is 0.0811 e. The minimum absolute atomic E-state index is 0.408. The fourth-order valence-corrected chi connectivity index (χ4v) is 4.39. The van der Waals surface area contributed by atoms with E-state index in [1.54, 1.807) is 5.57 Å². The first-order valence-electron chi connectivity index (χ1n) is 9.41. The lowest BCUT2D eigenvalue weighted by Crippen LogP contribution is -2.26. The second kappa shape index (κ2) is 8.31. The molecule has 0 aromatic carbocycles. The second-order valence-corrected chi connectivity index (χ2v) is 8.04. The van der Waals surface area contributed by atoms with E-state index in [-0.39, 0.29) is 0 Å². The van der Waals surface area contributed by atoms with Gasteiger partial charge >= 0.3 is 0 Å². The van der Waals surface area contributed by atoms with Crippen LogP contribution in [0.15, 0.2) is 47.1 Å². The van der Waals surface area contributed by atoms with Gasteiger partial charge in [-0.05, 0) is 75.4 Å². The zero-order valence-electron chi connectivity index (χ0n) is 15.6. The average molecular weight is 331 g/mol. The third-order valence-electron chi connectivity index (χ3n) is 5.79. The molecule has 2 saturated carbocycles. The van der Waals surface area contributed by atoms with Gasteiger partial charge in [0.25, 0.3) is 0 Å². The maximum absolute atomic E-state index is 9.85. The molecule has 0 amide bonds. The Bertz CT molecular complexity index is 548. The predicted molar refractivity (Wildman–Crippen MR) is 102 cm³/mol. The molecule has 3 atom stereocenters. The Labute approximate surface area is 147 Å². The third kappa shape index (κ3) is 4.70. The van der Waals surface area contributed by atoms with Gasteiger partial charge in [0.15, 0.2) is 0 Å². The van der Waals surface area contributed by atoms with Gasteiger partial charge in [-0.25, -0.2) is 0 Å². The summed E-state index contributed by atoms with van der Waals surface area (Å²) in [5.74, 6) is 0. The summed E-state index contributed by atoms with van der Waals surface area (Å²) in [6, 6.07) is 0. The Balaban J connectivity index is 1.82. The Morgan fingerprint density at radius 1 is 1.33 bits per heavy atom. The molecule has 0 aromatic heterocycles. The van der Waals surface area contributed by atoms with E-state index >= 15 is 0 Å². The van der Waals surface area contributed by atoms with Crippen molar-refractivity contribution in [3.05, 3.63) is 47.1 Å². The van der Waals surface area contributed by atoms with Crippen LogP contribution in [0.1, 0.15) is 72.1 Å². The fourth-order valence-electron chi connectivity index (χ4n) is 4.39. The molecule has 0 aliphatic heterocycles. The summed E-state index contributed by atoms with van der Waals surface area (Å²) in [5.41, 5.74) is 5.36. The SMILES string of the molecule is C=C1/C(=C\C=C/CCC[C@@]2(C)CCCC2=C(C)C)C[C@@H](O)C[C@@H]1O. The molecule has 134 valence electrons. The van der Waals surface area contributed by atoms with Gasteiger partial charge in [-0.15, -0.1) is 0 Å². The summed E-state index contributed by atoms with van der Waals surface area (Å²) < 4.78 is 0. The topological polar surface area (TPSA) is 40.5 Å². The van der Waals surface area contributed by atoms with Gasteiger partial charge in [-0.2, -0.15) is 0 Å². The van der Waals surface area contributed by atoms with Gasteiger partial charge < -0.3 is 10.2 Å². The van der Waals surface area contributed by atoms with Crippen LogP contribution in [0.4, 0.5) is 0 Å². The number of rotatable bonds is 5. The highest BCUT2D eigenvalue weighted by Gasteiger charge is 2.33. The fraction of sp³-hybridized carbons (Fsp3) is 0.636. The number of hydrogen-bond donors (Lipinski definition) is 2. The lowest BCUT2D eigenvalue weighted by Gasteiger charge is -2.27. The Morgan fingerprint density at radius 3 is 2.79 bits per heavy atom. The van der Waals surface area contributed by atoms with Crippen LogP contribution >= 0.6 is 0 Å². The number of aliphatic hydroxyl groups is 2. The summed E-state index contributed by atoms with van der Waals surface area (Å²) in [7, 11) is 0. The van der Waals surface area contributed by atoms with Gasteiger partial charge in [-0.3, -0.25) is 0 Å². The third-order valence-corrected chi connectivity index (χ3v) is 5.79. The number of hydrogen-bond acceptors (Lipinski definition) is 2. The smallest absolute Gasteiger partial charge is 0.0811 e. The minimum atomic E-state index is -0.599. The zero-order valence-corrected chi connectivity index (χ0v) is 15.6. The molecule has 0 spiro atoms. The Hall–Kier alpha value is -1.12. The molecular formula is C22H34O2. The largest absolute Gasteiger partial charge is 0.393 e. The summed E-state index contributed by atoms with van der Waals surface area (Å²) in [4.78, 5) is 0. The first-order chi connectivity index (χ1) is 11.3. The maximum atomic E-state index is 9.85. The molecule has 0 bridgehead atoms. The summed E-state index contributed by atoms with van der Waals surface area (Å²) in [5, 5.41) is 19.6. The van der Waals surface area contributed by atoms with Crippen molar-refractivity contribution in [2.75, 3.05) is 0 Å². The molecule has 2 aliphatic carbocycles. The number of aliphatic hydroxyl groups excluding tert-OH is 2. The molecule has 2 N–H and O–H groups in total. The summed E-state index contributed by atoms with van der Waals surface area (Å²) in [6.45, 7) is 10.9. The zero-order chi connectivity index (χ0) is 17.7. The number of unbranched alkanes of at least 4 members (excludes halogenated alkanes) is 1. The van der Waals surface area contributed by atoms with Gasteiger partial charge in [-0.1, -0.05) is 42.9 Å². The highest BCUT2D eigenvalue weighted by molar-refractivity contribution is 5.37. The van der Waals surface area contributed by atoms with Crippen LogP contribution in [0.5, 0.6) is 0 Å². The first-order valence-corrected chi connectivity index (χ1v) is 9.41. The van der Waals surface area contributed by atoms with E-state index in [0.717, 1.165) is 17.6 Å². The van der Waals surface area contributed by atoms with Crippen LogP contribution in [0.3, 0.4) is 0 Å². The molecule has 2 heteroatoms. The van der Waals surface area contributed by atoms with Crippen molar-refractivity contribution >= 4 is 0 Å². The normalized spacial score (nSPS) is 33.0. The van der Waals surface area contributed by atoms with Crippen LogP contribution in [-0.4, -0.2) is 22.4 Å². The highest BCUT2D eigenvalue weighted by atomic mass is 16.3. The molecule has 0 heterocycles. The van der Waals surface area contributed by atoms with Crippen LogP contribution in [0, 0.1) is 5.41 Å². The summed E-state index contributed by atoms with van der Waals surface area (Å²) >= 11 is 0. The summed E-state index contributed by atoms with van der Waals surface area (Å²) in [6.07, 6.45) is 13.7. The van der Waals surface area contributed by atoms with Crippen molar-refractivity contribution in [1.82, 2.24) is 0 Å². The van der Waals surface area contributed by atoms with E-state index in [4.69, 9.17) is 0 Å². The lowest BCUT2D eigenvalue weighted by molar-refractivity contribution is 0.0862. The van der Waals surface area contributed by atoms with Crippen LogP contribution in [-0.2, 0) is 0 Å². The van der Waals surface area contributed by atoms with Gasteiger partial charge in [0.05, 0.1) is 12.2 Å². The van der Waals surface area contributed by atoms with Crippen molar-refractivity contribution in [2.45, 2.75) is 84.3 Å². The van der Waals surface area contributed by atoms with Crippen LogP contribution in [0.2, 0.25) is 0 Å². The van der Waals surface area contributed by atoms with E-state index < -0.39 is 12.2 Å². The predicted octanol–water partition coefficient (Wildman–Crippen LogP) is 5.24. The van der Waals surface area contributed by atoms with Crippen molar-refractivity contribution in [1.29, 1.82) is 0 Å². The number of allylic oxidation sites excluding steroid dienone is 5. The monoisotopic (exact) mass is 330 g/mol. The molecule has 0 aromatic rings. The van der Waals surface area contributed by atoms with Crippen LogP contribution < -0.4 is 0 Å². The van der Waals surface area contributed by atoms with E-state index in [0.29, 0.717) is 18.3 Å². The molecule has 2 fully saturated rings. The Morgan fingerprint density at radius 2 is 2.08 bits per heavy atom. The highest BCUT2D eigenvalue weighted by Crippen LogP contribution is 2.47. The molecule has 0 unspecified atom stereocenters. The lowest BCUT2D eigenvalue weighted by atomic mass is 9.78. The molecule has 24 heavy (non-hydrogen) atoms. The quantitative estimate of drug-likeness (QED) is 0.535. The standard InChI is InChI=1S/C22H34O2/c1-16(2)20-11-9-13-22(20,4)12-8-6-5-7-10-18-14-19(23)15-21(24)17(18)3/h5,7,10,19,21,23-24H,3,6,8-9,11-15H2,1-2,4H3/b7-5-,18-10-/t19-,21+,22+/m1/s1. The van der Waals surface area contributed by atoms with E-state index in [9.17, 15) is 10.2 Å². The van der Waals surface area contributed by atoms with Gasteiger partial charge in [0.2, 0.25) is 0 Å². The van der Waals surface area contributed by atoms with Crippen molar-refractivity contribution < 1.29 is 10.2 Å². The first kappa shape index (κ1) is 19.2. The van der Waals surface area contributed by atoms with E-state index in [1.165, 1.54) is 37.7 Å². The van der Waals surface area contributed by atoms with E-state index in [1.807, 2.05) is 6.08 Å². The van der Waals surface area contributed by atoms with Gasteiger partial charge in [0, 0.05) is 6.42 Å². The van der Waals surface area contributed by atoms with Crippen molar-refractivity contribution in [3.8, 4) is 0 Å². The molecule has 2 rings (SSSR count). The molecule has 2 aliphatic rings. The molecule has 0 saturated heterocycles. The molecule has 0 radical (unpaired) electrons. The minimum Gasteiger partial charge on any atom is -0.393 e. The van der Waals surface area contributed by atoms with Crippen LogP contribution in [0.25, 0.3) is 0 Å². The second-order valence-electron chi connectivity index (χ2n) is 8.04. The van der Waals surface area contributed by atoms with Crippen molar-refractivity contribution in [3.63, 3.8) is 0 Å². The van der Waals surface area contributed by atoms with Crippen molar-refractivity contribution in [2.24, 2.45) is 5.41 Å². The van der Waals surface area contributed by atoms with Gasteiger partial charge in [0.1, 0.15) is 0 Å². The average Bonchev–Trinajstić information content (AvgIpc) is 2.89. The molecular weight excluding hydrogens is 296 g/mol. The molecule has 2 nitrogen and oxygen atoms in total. The Kier molecular flexibility index (Phi) is 6.65. The van der Waals surface area contributed by atoms with E-state index in [2.05, 4.69) is 39.5 Å².